The number of aryl methyl sites for hydroxylation is 1. The smallest absolute Gasteiger partial charge is 0.225 e. The lowest BCUT2D eigenvalue weighted by Gasteiger charge is -2.32. The number of piperidine rings is 1. The number of nitrogens with one attached hydrogen (secondary N) is 1. The van der Waals surface area contributed by atoms with Gasteiger partial charge in [0.15, 0.2) is 5.82 Å². The number of rotatable bonds is 5. The van der Waals surface area contributed by atoms with Gasteiger partial charge in [0.1, 0.15) is 5.82 Å². The van der Waals surface area contributed by atoms with Crippen molar-refractivity contribution in [1.82, 2.24) is 15.5 Å². The Hall–Kier alpha value is -3.28. The fourth-order valence-electron chi connectivity index (χ4n) is 3.71. The molecule has 4 rings (SSSR count). The van der Waals surface area contributed by atoms with Gasteiger partial charge in [-0.1, -0.05) is 29.8 Å². The highest BCUT2D eigenvalue weighted by Crippen LogP contribution is 2.23. The van der Waals surface area contributed by atoms with Crippen molar-refractivity contribution in [2.24, 2.45) is 5.92 Å². The number of carbonyl (C=O) groups is 1. The summed E-state index contributed by atoms with van der Waals surface area (Å²) in [4.78, 5) is 14.8. The van der Waals surface area contributed by atoms with Gasteiger partial charge < -0.3 is 10.2 Å². The number of amides is 1. The van der Waals surface area contributed by atoms with Gasteiger partial charge in [-0.2, -0.15) is 0 Å². The van der Waals surface area contributed by atoms with Gasteiger partial charge in [0, 0.05) is 25.2 Å². The molecule has 0 bridgehead atoms. The molecule has 1 N–H and O–H groups in total. The number of carbonyl (C=O) groups excluding carboxylic acids is 1. The minimum Gasteiger partial charge on any atom is -0.354 e. The van der Waals surface area contributed by atoms with Crippen LogP contribution >= 0.6 is 0 Å². The average Bonchev–Trinajstić information content (AvgIpc) is 2.79. The van der Waals surface area contributed by atoms with Crippen LogP contribution in [0, 0.1) is 18.7 Å². The Bertz CT molecular complexity index is 987. The maximum Gasteiger partial charge on any atom is 0.225 e. The predicted octanol–water partition coefficient (Wildman–Crippen LogP) is 4.12. The number of hydrogen-bond donors (Lipinski definition) is 1. The first-order chi connectivity index (χ1) is 14.6. The van der Waals surface area contributed by atoms with Gasteiger partial charge in [0.25, 0.3) is 0 Å². The SMILES string of the molecule is Cc1ccc(CNC(=O)[C@H]2CCCN(c3ccc(-c4ccc(F)cc4)nn3)C2)cc1. The lowest BCUT2D eigenvalue weighted by molar-refractivity contribution is -0.125. The third-order valence-electron chi connectivity index (χ3n) is 5.49. The Morgan fingerprint density at radius 3 is 2.53 bits per heavy atom. The molecule has 2 aromatic carbocycles. The van der Waals surface area contributed by atoms with Crippen LogP contribution < -0.4 is 10.2 Å². The summed E-state index contributed by atoms with van der Waals surface area (Å²) >= 11 is 0. The Kier molecular flexibility index (Phi) is 6.02. The maximum atomic E-state index is 13.1. The van der Waals surface area contributed by atoms with Crippen LogP contribution in [0.4, 0.5) is 10.2 Å². The summed E-state index contributed by atoms with van der Waals surface area (Å²) in [6.07, 6.45) is 1.81. The Morgan fingerprint density at radius 2 is 1.83 bits per heavy atom. The molecule has 30 heavy (non-hydrogen) atoms. The van der Waals surface area contributed by atoms with Crippen molar-refractivity contribution in [3.8, 4) is 11.3 Å². The second kappa shape index (κ2) is 9.03. The van der Waals surface area contributed by atoms with Gasteiger partial charge in [0.05, 0.1) is 11.6 Å². The van der Waals surface area contributed by atoms with Gasteiger partial charge in [0.2, 0.25) is 5.91 Å². The summed E-state index contributed by atoms with van der Waals surface area (Å²) in [5, 5.41) is 11.7. The molecule has 1 aromatic heterocycles. The first kappa shape index (κ1) is 20.0. The zero-order chi connectivity index (χ0) is 20.9. The molecular formula is C24H25FN4O. The summed E-state index contributed by atoms with van der Waals surface area (Å²) in [7, 11) is 0. The lowest BCUT2D eigenvalue weighted by atomic mass is 9.97. The quantitative estimate of drug-likeness (QED) is 0.695. The van der Waals surface area contributed by atoms with Gasteiger partial charge in [-0.25, -0.2) is 4.39 Å². The first-order valence-electron chi connectivity index (χ1n) is 10.3. The van der Waals surface area contributed by atoms with E-state index < -0.39 is 0 Å². The molecule has 0 radical (unpaired) electrons. The van der Waals surface area contributed by atoms with Gasteiger partial charge in [-0.3, -0.25) is 4.79 Å². The molecule has 5 nitrogen and oxygen atoms in total. The third kappa shape index (κ3) is 4.82. The fourth-order valence-corrected chi connectivity index (χ4v) is 3.71. The Balaban J connectivity index is 1.36. The summed E-state index contributed by atoms with van der Waals surface area (Å²) in [6.45, 7) is 4.08. The van der Waals surface area contributed by atoms with E-state index in [2.05, 4.69) is 32.5 Å². The van der Waals surface area contributed by atoms with Crippen molar-refractivity contribution in [2.75, 3.05) is 18.0 Å². The van der Waals surface area contributed by atoms with E-state index in [-0.39, 0.29) is 17.6 Å². The van der Waals surface area contributed by atoms with E-state index in [9.17, 15) is 9.18 Å². The maximum absolute atomic E-state index is 13.1. The molecule has 1 atom stereocenters. The highest BCUT2D eigenvalue weighted by molar-refractivity contribution is 5.79. The molecule has 1 saturated heterocycles. The van der Waals surface area contributed by atoms with E-state index >= 15 is 0 Å². The number of aromatic nitrogens is 2. The van der Waals surface area contributed by atoms with E-state index in [1.165, 1.54) is 17.7 Å². The van der Waals surface area contributed by atoms with Crippen molar-refractivity contribution in [2.45, 2.75) is 26.3 Å². The Morgan fingerprint density at radius 1 is 1.07 bits per heavy atom. The zero-order valence-corrected chi connectivity index (χ0v) is 17.0. The van der Waals surface area contributed by atoms with Gasteiger partial charge >= 0.3 is 0 Å². The van der Waals surface area contributed by atoms with E-state index in [0.29, 0.717) is 18.8 Å². The molecular weight excluding hydrogens is 379 g/mol. The molecule has 2 heterocycles. The summed E-state index contributed by atoms with van der Waals surface area (Å²) in [5.41, 5.74) is 3.83. The number of nitrogens with zero attached hydrogens (tertiary/aromatic N) is 3. The Labute approximate surface area is 176 Å². The van der Waals surface area contributed by atoms with E-state index in [4.69, 9.17) is 0 Å². The van der Waals surface area contributed by atoms with Gasteiger partial charge in [-0.15, -0.1) is 10.2 Å². The van der Waals surface area contributed by atoms with Crippen LogP contribution in [0.15, 0.2) is 60.7 Å². The minimum atomic E-state index is -0.275. The summed E-state index contributed by atoms with van der Waals surface area (Å²) in [6, 6.07) is 18.2. The molecule has 154 valence electrons. The number of hydrogen-bond acceptors (Lipinski definition) is 4. The van der Waals surface area contributed by atoms with Crippen LogP contribution in [0.25, 0.3) is 11.3 Å². The number of anilines is 1. The van der Waals surface area contributed by atoms with E-state index in [1.807, 2.05) is 31.2 Å². The molecule has 1 aliphatic heterocycles. The molecule has 1 amide bonds. The normalized spacial score (nSPS) is 16.3. The molecule has 0 spiro atoms. The number of benzene rings is 2. The van der Waals surface area contributed by atoms with Crippen molar-refractivity contribution in [3.63, 3.8) is 0 Å². The summed E-state index contributed by atoms with van der Waals surface area (Å²) < 4.78 is 13.1. The second-order valence-corrected chi connectivity index (χ2v) is 7.77. The van der Waals surface area contributed by atoms with Crippen molar-refractivity contribution < 1.29 is 9.18 Å². The lowest BCUT2D eigenvalue weighted by Crippen LogP contribution is -2.43. The molecule has 1 fully saturated rings. The molecule has 3 aromatic rings. The molecule has 1 aliphatic rings. The zero-order valence-electron chi connectivity index (χ0n) is 17.0. The monoisotopic (exact) mass is 404 g/mol. The minimum absolute atomic E-state index is 0.0669. The highest BCUT2D eigenvalue weighted by atomic mass is 19.1. The third-order valence-corrected chi connectivity index (χ3v) is 5.49. The van der Waals surface area contributed by atoms with Crippen molar-refractivity contribution in [1.29, 1.82) is 0 Å². The number of halogens is 1. The van der Waals surface area contributed by atoms with E-state index in [1.54, 1.807) is 12.1 Å². The average molecular weight is 404 g/mol. The van der Waals surface area contributed by atoms with Crippen LogP contribution in [0.2, 0.25) is 0 Å². The van der Waals surface area contributed by atoms with Crippen LogP contribution in [0.1, 0.15) is 24.0 Å². The standard InChI is InChI=1S/C24H25FN4O/c1-17-4-6-18(7-5-17)15-26-24(30)20-3-2-14-29(16-20)23-13-12-22(27-28-23)19-8-10-21(25)11-9-19/h4-13,20H,2-3,14-16H2,1H3,(H,26,30)/t20-/m0/s1. The van der Waals surface area contributed by atoms with Crippen molar-refractivity contribution in [3.05, 3.63) is 77.6 Å². The van der Waals surface area contributed by atoms with Crippen LogP contribution in [0.3, 0.4) is 0 Å². The molecule has 0 unspecified atom stereocenters. The van der Waals surface area contributed by atoms with Gasteiger partial charge in [-0.05, 0) is 61.7 Å². The molecule has 0 saturated carbocycles. The molecule has 6 heteroatoms. The second-order valence-electron chi connectivity index (χ2n) is 7.77. The fraction of sp³-hybridized carbons (Fsp3) is 0.292. The van der Waals surface area contributed by atoms with Crippen LogP contribution in [-0.2, 0) is 11.3 Å². The predicted molar refractivity (Wildman–Crippen MR) is 115 cm³/mol. The first-order valence-corrected chi connectivity index (χ1v) is 10.3. The van der Waals surface area contributed by atoms with Crippen LogP contribution in [-0.4, -0.2) is 29.2 Å². The summed E-state index contributed by atoms with van der Waals surface area (Å²) in [5.74, 6) is 0.499. The topological polar surface area (TPSA) is 58.1 Å². The van der Waals surface area contributed by atoms with Crippen LogP contribution in [0.5, 0.6) is 0 Å². The van der Waals surface area contributed by atoms with E-state index in [0.717, 1.165) is 36.3 Å². The molecule has 0 aliphatic carbocycles. The van der Waals surface area contributed by atoms with Crippen molar-refractivity contribution >= 4 is 11.7 Å². The highest BCUT2D eigenvalue weighted by Gasteiger charge is 2.26. The largest absolute Gasteiger partial charge is 0.354 e.